The smallest absolute Gasteiger partial charge is 0.220 e. The summed E-state index contributed by atoms with van der Waals surface area (Å²) in [6, 6.07) is 5.32. The normalized spacial score (nSPS) is 12.4. The summed E-state index contributed by atoms with van der Waals surface area (Å²) in [6.45, 7) is 4.65. The first-order valence-corrected chi connectivity index (χ1v) is 8.29. The minimum Gasteiger partial charge on any atom is -0.351 e. The van der Waals surface area contributed by atoms with Crippen molar-refractivity contribution in [3.8, 4) is 0 Å². The van der Waals surface area contributed by atoms with Gasteiger partial charge in [0.1, 0.15) is 0 Å². The molecule has 0 saturated heterocycles. The van der Waals surface area contributed by atoms with E-state index in [-0.39, 0.29) is 17.9 Å². The fourth-order valence-corrected chi connectivity index (χ4v) is 2.81. The van der Waals surface area contributed by atoms with Gasteiger partial charge < -0.3 is 5.32 Å². The first-order valence-electron chi connectivity index (χ1n) is 7.53. The first-order chi connectivity index (χ1) is 11.0. The second-order valence-electron chi connectivity index (χ2n) is 5.70. The molecule has 0 fully saturated rings. The molecule has 0 aliphatic carbocycles. The van der Waals surface area contributed by atoms with E-state index < -0.39 is 0 Å². The van der Waals surface area contributed by atoms with Crippen LogP contribution in [0.15, 0.2) is 30.6 Å². The van der Waals surface area contributed by atoms with Gasteiger partial charge in [0.05, 0.1) is 25.0 Å². The maximum Gasteiger partial charge on any atom is 0.220 e. The number of nitrogens with one attached hydrogen (secondary N) is 1. The highest BCUT2D eigenvalue weighted by atomic mass is 35.5. The van der Waals surface area contributed by atoms with Crippen LogP contribution in [0.4, 0.5) is 0 Å². The molecule has 7 heteroatoms. The summed E-state index contributed by atoms with van der Waals surface area (Å²) >= 11 is 12.3. The highest BCUT2D eigenvalue weighted by Crippen LogP contribution is 2.25. The van der Waals surface area contributed by atoms with Gasteiger partial charge in [0, 0.05) is 16.5 Å². The van der Waals surface area contributed by atoms with Crippen LogP contribution in [0.5, 0.6) is 0 Å². The highest BCUT2D eigenvalue weighted by Gasteiger charge is 2.18. The van der Waals surface area contributed by atoms with Crippen molar-refractivity contribution in [2.24, 2.45) is 5.92 Å². The largest absolute Gasteiger partial charge is 0.351 e. The first kappa shape index (κ1) is 17.8. The second kappa shape index (κ2) is 8.31. The van der Waals surface area contributed by atoms with E-state index in [2.05, 4.69) is 29.4 Å². The van der Waals surface area contributed by atoms with Crippen LogP contribution >= 0.6 is 23.2 Å². The number of nitrogens with zero attached hydrogens (tertiary/aromatic N) is 3. The Labute approximate surface area is 146 Å². The minimum absolute atomic E-state index is 0.0309. The third-order valence-corrected chi connectivity index (χ3v) is 4.35. The summed E-state index contributed by atoms with van der Waals surface area (Å²) < 4.78 is 0. The van der Waals surface area contributed by atoms with Crippen molar-refractivity contribution in [3.05, 3.63) is 46.2 Å². The fraction of sp³-hybridized carbons (Fsp3) is 0.438. The van der Waals surface area contributed by atoms with Gasteiger partial charge in [-0.2, -0.15) is 15.0 Å². The summed E-state index contributed by atoms with van der Waals surface area (Å²) in [5.74, 6) is 0.237. The predicted molar refractivity (Wildman–Crippen MR) is 91.6 cm³/mol. The molecule has 1 amide bonds. The van der Waals surface area contributed by atoms with Gasteiger partial charge in [-0.3, -0.25) is 4.79 Å². The van der Waals surface area contributed by atoms with Crippen LogP contribution in [0.1, 0.15) is 25.8 Å². The molecule has 2 rings (SSSR count). The van der Waals surface area contributed by atoms with Crippen molar-refractivity contribution in [1.82, 2.24) is 20.3 Å². The lowest BCUT2D eigenvalue weighted by atomic mass is 10.0. The van der Waals surface area contributed by atoms with Crippen LogP contribution in [0.3, 0.4) is 0 Å². The zero-order valence-corrected chi connectivity index (χ0v) is 14.7. The Kier molecular flexibility index (Phi) is 6.42. The average Bonchev–Trinajstić information content (AvgIpc) is 2.99. The van der Waals surface area contributed by atoms with E-state index in [4.69, 9.17) is 23.2 Å². The van der Waals surface area contributed by atoms with E-state index in [1.54, 1.807) is 35.4 Å². The van der Waals surface area contributed by atoms with Gasteiger partial charge in [-0.15, -0.1) is 0 Å². The molecule has 0 aliphatic rings. The third-order valence-electron chi connectivity index (χ3n) is 3.64. The molecular weight excluding hydrogens is 335 g/mol. The monoisotopic (exact) mass is 354 g/mol. The number of amides is 1. The molecular formula is C16H20Cl2N4O. The van der Waals surface area contributed by atoms with Crippen molar-refractivity contribution >= 4 is 29.1 Å². The van der Waals surface area contributed by atoms with Crippen molar-refractivity contribution in [2.45, 2.75) is 39.3 Å². The number of carbonyl (C=O) groups excluding carboxylic acids is 1. The number of carbonyl (C=O) groups is 1. The predicted octanol–water partition coefficient (Wildman–Crippen LogP) is 3.36. The quantitative estimate of drug-likeness (QED) is 0.829. The summed E-state index contributed by atoms with van der Waals surface area (Å²) in [5.41, 5.74) is 0.806. The lowest BCUT2D eigenvalue weighted by Crippen LogP contribution is -2.42. The van der Waals surface area contributed by atoms with Crippen molar-refractivity contribution in [2.75, 3.05) is 0 Å². The standard InChI is InChI=1S/C16H20Cl2N4O/c1-11(2)15(10-22-19-8-9-20-22)21-16(23)7-6-12-13(17)4-3-5-14(12)18/h3-5,8-9,11,15H,6-7,10H2,1-2H3,(H,21,23). The van der Waals surface area contributed by atoms with Crippen molar-refractivity contribution in [3.63, 3.8) is 0 Å². The molecule has 1 unspecified atom stereocenters. The molecule has 124 valence electrons. The fourth-order valence-electron chi connectivity index (χ4n) is 2.23. The van der Waals surface area contributed by atoms with Gasteiger partial charge in [-0.1, -0.05) is 43.1 Å². The highest BCUT2D eigenvalue weighted by molar-refractivity contribution is 6.36. The number of halogens is 2. The molecule has 1 atom stereocenters. The van der Waals surface area contributed by atoms with Crippen LogP contribution in [0.25, 0.3) is 0 Å². The van der Waals surface area contributed by atoms with E-state index in [9.17, 15) is 4.79 Å². The molecule has 0 radical (unpaired) electrons. The number of benzene rings is 1. The molecule has 23 heavy (non-hydrogen) atoms. The molecule has 0 saturated carbocycles. The Hall–Kier alpha value is -1.59. The third kappa shape index (κ3) is 5.22. The van der Waals surface area contributed by atoms with Crippen LogP contribution in [0, 0.1) is 5.92 Å². The van der Waals surface area contributed by atoms with Crippen molar-refractivity contribution < 1.29 is 4.79 Å². The zero-order chi connectivity index (χ0) is 16.8. The minimum atomic E-state index is -0.0353. The van der Waals surface area contributed by atoms with Crippen LogP contribution in [-0.4, -0.2) is 26.9 Å². The van der Waals surface area contributed by atoms with Gasteiger partial charge in [-0.05, 0) is 30.0 Å². The molecule has 1 N–H and O–H groups in total. The SMILES string of the molecule is CC(C)C(Cn1nccn1)NC(=O)CCc1c(Cl)cccc1Cl. The van der Waals surface area contributed by atoms with E-state index >= 15 is 0 Å². The number of hydrogen-bond acceptors (Lipinski definition) is 3. The molecule has 5 nitrogen and oxygen atoms in total. The molecule has 0 aliphatic heterocycles. The Balaban J connectivity index is 1.92. The van der Waals surface area contributed by atoms with E-state index in [0.29, 0.717) is 29.4 Å². The molecule has 2 aromatic rings. The summed E-state index contributed by atoms with van der Waals surface area (Å²) in [7, 11) is 0. The van der Waals surface area contributed by atoms with Crippen LogP contribution < -0.4 is 5.32 Å². The van der Waals surface area contributed by atoms with E-state index in [1.807, 2.05) is 0 Å². The van der Waals surface area contributed by atoms with Gasteiger partial charge in [0.2, 0.25) is 5.91 Å². The van der Waals surface area contributed by atoms with Crippen molar-refractivity contribution in [1.29, 1.82) is 0 Å². The topological polar surface area (TPSA) is 59.8 Å². The summed E-state index contributed by atoms with van der Waals surface area (Å²) in [5, 5.41) is 12.4. The number of rotatable bonds is 7. The Morgan fingerprint density at radius 1 is 1.22 bits per heavy atom. The van der Waals surface area contributed by atoms with Gasteiger partial charge in [0.15, 0.2) is 0 Å². The summed E-state index contributed by atoms with van der Waals surface area (Å²) in [6.07, 6.45) is 4.09. The van der Waals surface area contributed by atoms with Gasteiger partial charge in [-0.25, -0.2) is 0 Å². The zero-order valence-electron chi connectivity index (χ0n) is 13.2. The maximum absolute atomic E-state index is 12.2. The second-order valence-corrected chi connectivity index (χ2v) is 6.52. The lowest BCUT2D eigenvalue weighted by molar-refractivity contribution is -0.122. The van der Waals surface area contributed by atoms with Gasteiger partial charge >= 0.3 is 0 Å². The Morgan fingerprint density at radius 3 is 2.39 bits per heavy atom. The lowest BCUT2D eigenvalue weighted by Gasteiger charge is -2.22. The molecule has 0 spiro atoms. The molecule has 1 aromatic heterocycles. The van der Waals surface area contributed by atoms with Crippen LogP contribution in [0.2, 0.25) is 10.0 Å². The maximum atomic E-state index is 12.2. The number of aromatic nitrogens is 3. The van der Waals surface area contributed by atoms with Gasteiger partial charge in [0.25, 0.3) is 0 Å². The molecule has 0 bridgehead atoms. The Bertz CT molecular complexity index is 623. The van der Waals surface area contributed by atoms with E-state index in [0.717, 1.165) is 5.56 Å². The molecule has 1 aromatic carbocycles. The average molecular weight is 355 g/mol. The molecule has 1 heterocycles. The Morgan fingerprint density at radius 2 is 1.83 bits per heavy atom. The summed E-state index contributed by atoms with van der Waals surface area (Å²) in [4.78, 5) is 13.8. The van der Waals surface area contributed by atoms with E-state index in [1.165, 1.54) is 0 Å². The number of hydrogen-bond donors (Lipinski definition) is 1. The van der Waals surface area contributed by atoms with Crippen LogP contribution in [-0.2, 0) is 17.8 Å².